The topological polar surface area (TPSA) is 52.6 Å². The molecule has 2 unspecified atom stereocenters. The number of aldehydes is 1. The minimum atomic E-state index is -0.257. The first-order chi connectivity index (χ1) is 8.76. The first kappa shape index (κ1) is 13.3. The molecule has 1 aromatic carbocycles. The molecule has 0 aromatic heterocycles. The summed E-state index contributed by atoms with van der Waals surface area (Å²) in [7, 11) is 0. The van der Waals surface area contributed by atoms with Crippen LogP contribution in [-0.2, 0) is 4.79 Å². The molecule has 98 valence electrons. The summed E-state index contributed by atoms with van der Waals surface area (Å²) in [6, 6.07) is 6.96. The van der Waals surface area contributed by atoms with Crippen molar-refractivity contribution in [1.29, 1.82) is 0 Å². The summed E-state index contributed by atoms with van der Waals surface area (Å²) in [6.07, 6.45) is 0.908. The zero-order chi connectivity index (χ0) is 13.0. The van der Waals surface area contributed by atoms with E-state index < -0.39 is 0 Å². The van der Waals surface area contributed by atoms with Crippen LogP contribution >= 0.6 is 11.6 Å². The third kappa shape index (κ3) is 2.83. The van der Waals surface area contributed by atoms with E-state index in [9.17, 15) is 9.90 Å². The number of carbonyl (C=O) groups excluding carboxylic acids is 1. The maximum atomic E-state index is 11.1. The van der Waals surface area contributed by atoms with Crippen LogP contribution in [0.3, 0.4) is 0 Å². The molecule has 1 aliphatic rings. The lowest BCUT2D eigenvalue weighted by atomic mass is 10.0. The van der Waals surface area contributed by atoms with Crippen molar-refractivity contribution in [3.63, 3.8) is 0 Å². The number of phenols is 1. The maximum absolute atomic E-state index is 11.1. The second-order valence-corrected chi connectivity index (χ2v) is 4.72. The van der Waals surface area contributed by atoms with Gasteiger partial charge in [-0.25, -0.2) is 0 Å². The summed E-state index contributed by atoms with van der Waals surface area (Å²) < 4.78 is 0. The highest BCUT2D eigenvalue weighted by Gasteiger charge is 2.29. The average Bonchev–Trinajstić information content (AvgIpc) is 2.42. The van der Waals surface area contributed by atoms with Crippen LogP contribution in [0.25, 0.3) is 0 Å². The van der Waals surface area contributed by atoms with Gasteiger partial charge in [0.1, 0.15) is 12.0 Å². The number of benzene rings is 1. The van der Waals surface area contributed by atoms with Gasteiger partial charge in [0.15, 0.2) is 0 Å². The predicted octanol–water partition coefficient (Wildman–Crippen LogP) is 1.14. The fourth-order valence-corrected chi connectivity index (χ4v) is 2.58. The number of hydrogen-bond donors (Lipinski definition) is 2. The lowest BCUT2D eigenvalue weighted by Gasteiger charge is -2.39. The number of carbonyl (C=O) groups is 1. The molecule has 0 aliphatic carbocycles. The van der Waals surface area contributed by atoms with Gasteiger partial charge in [-0.1, -0.05) is 12.1 Å². The van der Waals surface area contributed by atoms with Crippen molar-refractivity contribution in [3.05, 3.63) is 29.8 Å². The number of phenolic OH excluding ortho intramolecular Hbond substituents is 1. The molecule has 1 aromatic rings. The van der Waals surface area contributed by atoms with Crippen LogP contribution in [0, 0.1) is 0 Å². The molecular formula is C13H17ClN2O2. The van der Waals surface area contributed by atoms with Crippen molar-refractivity contribution in [3.8, 4) is 5.75 Å². The summed E-state index contributed by atoms with van der Waals surface area (Å²) in [5.74, 6) is 0.552. The van der Waals surface area contributed by atoms with Crippen LogP contribution < -0.4 is 5.32 Å². The van der Waals surface area contributed by atoms with Gasteiger partial charge in [-0.05, 0) is 17.7 Å². The van der Waals surface area contributed by atoms with Gasteiger partial charge in [0.25, 0.3) is 0 Å². The number of nitrogens with zero attached hydrogens (tertiary/aromatic N) is 1. The van der Waals surface area contributed by atoms with E-state index in [2.05, 4.69) is 10.2 Å². The first-order valence-corrected chi connectivity index (χ1v) is 6.56. The number of piperazine rings is 1. The Hall–Kier alpha value is -1.10. The van der Waals surface area contributed by atoms with E-state index in [1.807, 2.05) is 12.1 Å². The van der Waals surface area contributed by atoms with E-state index in [4.69, 9.17) is 11.6 Å². The standard InChI is InChI=1S/C13H17ClN2O2/c14-7-11(9-17)16-6-5-15-8-13(16)10-1-3-12(18)4-2-10/h1-4,9,11,13,15,18H,5-8H2. The molecule has 2 N–H and O–H groups in total. The lowest BCUT2D eigenvalue weighted by molar-refractivity contribution is -0.113. The van der Waals surface area contributed by atoms with Gasteiger partial charge in [-0.3, -0.25) is 4.90 Å². The van der Waals surface area contributed by atoms with Crippen LogP contribution in [0.4, 0.5) is 0 Å². The van der Waals surface area contributed by atoms with E-state index in [0.29, 0.717) is 5.88 Å². The Balaban J connectivity index is 2.21. The third-order valence-electron chi connectivity index (χ3n) is 3.30. The molecule has 18 heavy (non-hydrogen) atoms. The van der Waals surface area contributed by atoms with Crippen LogP contribution in [0.15, 0.2) is 24.3 Å². The van der Waals surface area contributed by atoms with Crippen molar-refractivity contribution in [1.82, 2.24) is 10.2 Å². The molecule has 0 amide bonds. The van der Waals surface area contributed by atoms with Gasteiger partial charge in [-0.15, -0.1) is 11.6 Å². The Morgan fingerprint density at radius 1 is 1.50 bits per heavy atom. The lowest BCUT2D eigenvalue weighted by Crippen LogP contribution is -2.51. The minimum Gasteiger partial charge on any atom is -0.508 e. The predicted molar refractivity (Wildman–Crippen MR) is 71.0 cm³/mol. The smallest absolute Gasteiger partial charge is 0.138 e. The third-order valence-corrected chi connectivity index (χ3v) is 3.62. The highest BCUT2D eigenvalue weighted by Crippen LogP contribution is 2.25. The summed E-state index contributed by atoms with van der Waals surface area (Å²) in [5, 5.41) is 12.6. The van der Waals surface area contributed by atoms with Gasteiger partial charge in [-0.2, -0.15) is 0 Å². The first-order valence-electron chi connectivity index (χ1n) is 6.03. The van der Waals surface area contributed by atoms with Gasteiger partial charge in [0.05, 0.1) is 6.04 Å². The zero-order valence-corrected chi connectivity index (χ0v) is 10.8. The van der Waals surface area contributed by atoms with E-state index >= 15 is 0 Å². The number of alkyl halides is 1. The van der Waals surface area contributed by atoms with Crippen molar-refractivity contribution in [2.45, 2.75) is 12.1 Å². The Morgan fingerprint density at radius 2 is 2.22 bits per heavy atom. The Labute approximate surface area is 112 Å². The zero-order valence-electron chi connectivity index (χ0n) is 10.1. The second kappa shape index (κ2) is 6.18. The van der Waals surface area contributed by atoms with E-state index in [0.717, 1.165) is 31.5 Å². The largest absolute Gasteiger partial charge is 0.508 e. The normalized spacial score (nSPS) is 22.6. The van der Waals surface area contributed by atoms with Crippen molar-refractivity contribution in [2.24, 2.45) is 0 Å². The number of rotatable bonds is 4. The molecule has 2 rings (SSSR count). The van der Waals surface area contributed by atoms with Crippen molar-refractivity contribution in [2.75, 3.05) is 25.5 Å². The summed E-state index contributed by atoms with van der Waals surface area (Å²) in [5.41, 5.74) is 1.08. The fraction of sp³-hybridized carbons (Fsp3) is 0.462. The molecule has 1 saturated heterocycles. The minimum absolute atomic E-state index is 0.119. The maximum Gasteiger partial charge on any atom is 0.138 e. The van der Waals surface area contributed by atoms with Crippen LogP contribution in [0.1, 0.15) is 11.6 Å². The van der Waals surface area contributed by atoms with E-state index in [1.165, 1.54) is 0 Å². The molecule has 5 heteroatoms. The van der Waals surface area contributed by atoms with Gasteiger partial charge in [0.2, 0.25) is 0 Å². The van der Waals surface area contributed by atoms with Crippen molar-refractivity contribution >= 4 is 17.9 Å². The van der Waals surface area contributed by atoms with Crippen LogP contribution in [-0.4, -0.2) is 47.8 Å². The highest BCUT2D eigenvalue weighted by atomic mass is 35.5. The molecular weight excluding hydrogens is 252 g/mol. The second-order valence-electron chi connectivity index (χ2n) is 4.41. The molecule has 0 spiro atoms. The molecule has 1 fully saturated rings. The number of nitrogens with one attached hydrogen (secondary N) is 1. The van der Waals surface area contributed by atoms with E-state index in [-0.39, 0.29) is 17.8 Å². The number of aromatic hydroxyl groups is 1. The highest BCUT2D eigenvalue weighted by molar-refractivity contribution is 6.19. The van der Waals surface area contributed by atoms with Gasteiger partial charge in [0, 0.05) is 31.6 Å². The van der Waals surface area contributed by atoms with Crippen molar-refractivity contribution < 1.29 is 9.90 Å². The molecule has 1 heterocycles. The van der Waals surface area contributed by atoms with Crippen LogP contribution in [0.5, 0.6) is 5.75 Å². The molecule has 0 bridgehead atoms. The quantitative estimate of drug-likeness (QED) is 0.635. The Kier molecular flexibility index (Phi) is 4.58. The Bertz CT molecular complexity index is 396. The van der Waals surface area contributed by atoms with Gasteiger partial charge >= 0.3 is 0 Å². The van der Waals surface area contributed by atoms with Gasteiger partial charge < -0.3 is 15.2 Å². The van der Waals surface area contributed by atoms with Crippen LogP contribution in [0.2, 0.25) is 0 Å². The monoisotopic (exact) mass is 268 g/mol. The summed E-state index contributed by atoms with van der Waals surface area (Å²) in [6.45, 7) is 2.43. The molecule has 4 nitrogen and oxygen atoms in total. The summed E-state index contributed by atoms with van der Waals surface area (Å²) in [4.78, 5) is 13.2. The molecule has 0 radical (unpaired) electrons. The average molecular weight is 269 g/mol. The SMILES string of the molecule is O=CC(CCl)N1CCNCC1c1ccc(O)cc1. The molecule has 1 aliphatic heterocycles. The number of halogens is 1. The fourth-order valence-electron chi connectivity index (χ4n) is 2.33. The number of hydrogen-bond acceptors (Lipinski definition) is 4. The molecule has 2 atom stereocenters. The summed E-state index contributed by atoms with van der Waals surface area (Å²) >= 11 is 5.85. The Morgan fingerprint density at radius 3 is 2.83 bits per heavy atom. The molecule has 0 saturated carbocycles. The van der Waals surface area contributed by atoms with E-state index in [1.54, 1.807) is 12.1 Å².